The summed E-state index contributed by atoms with van der Waals surface area (Å²) in [5.41, 5.74) is 1.77. The van der Waals surface area contributed by atoms with Crippen LogP contribution in [0.2, 0.25) is 0 Å². The van der Waals surface area contributed by atoms with Crippen LogP contribution in [0.5, 0.6) is 5.06 Å². The molecule has 0 unspecified atom stereocenters. The van der Waals surface area contributed by atoms with E-state index in [2.05, 4.69) is 10.6 Å². The number of amides is 2. The van der Waals surface area contributed by atoms with Gasteiger partial charge in [0.25, 0.3) is 0 Å². The van der Waals surface area contributed by atoms with E-state index >= 15 is 0 Å². The van der Waals surface area contributed by atoms with Gasteiger partial charge < -0.3 is 10.1 Å². The van der Waals surface area contributed by atoms with E-state index in [1.54, 1.807) is 7.11 Å². The predicted octanol–water partition coefficient (Wildman–Crippen LogP) is 1.51. The van der Waals surface area contributed by atoms with Gasteiger partial charge in [-0.25, -0.2) is 0 Å². The summed E-state index contributed by atoms with van der Waals surface area (Å²) in [6.45, 7) is 1.89. The summed E-state index contributed by atoms with van der Waals surface area (Å²) in [7, 11) is 1.62. The number of carbonyl (C=O) groups is 2. The van der Waals surface area contributed by atoms with Crippen LogP contribution in [0.3, 0.4) is 0 Å². The second-order valence-electron chi connectivity index (χ2n) is 4.18. The Bertz CT molecular complexity index is 522. The van der Waals surface area contributed by atoms with Gasteiger partial charge in [-0.3, -0.25) is 14.9 Å². The van der Waals surface area contributed by atoms with Crippen LogP contribution in [-0.2, 0) is 9.59 Å². The summed E-state index contributed by atoms with van der Waals surface area (Å²) in [6, 6.07) is 1.56. The van der Waals surface area contributed by atoms with Crippen molar-refractivity contribution in [3.05, 3.63) is 23.1 Å². The Hall–Kier alpha value is -1.82. The molecular weight excluding hydrogens is 264 g/mol. The lowest BCUT2D eigenvalue weighted by Gasteiger charge is -2.24. The van der Waals surface area contributed by atoms with Crippen LogP contribution in [0, 0.1) is 0 Å². The average Bonchev–Trinajstić information content (AvgIpc) is 2.86. The van der Waals surface area contributed by atoms with Crippen LogP contribution in [-0.4, -0.2) is 25.0 Å². The highest BCUT2D eigenvalue weighted by molar-refractivity contribution is 7.12. The van der Waals surface area contributed by atoms with Crippen molar-refractivity contribution >= 4 is 28.8 Å². The minimum atomic E-state index is -0.381. The molecule has 0 aliphatic carbocycles. The lowest BCUT2D eigenvalue weighted by molar-refractivity contribution is -0.134. The third kappa shape index (κ3) is 2.96. The van der Waals surface area contributed by atoms with Crippen molar-refractivity contribution in [1.82, 2.24) is 10.6 Å². The monoisotopic (exact) mass is 280 g/mol. The summed E-state index contributed by atoms with van der Waals surface area (Å²) in [5.74, 6) is -0.483. The molecule has 0 saturated carbocycles. The molecule has 19 heavy (non-hydrogen) atoms. The van der Waals surface area contributed by atoms with E-state index in [0.717, 1.165) is 16.3 Å². The number of methoxy groups -OCH3 is 1. The normalized spacial score (nSPS) is 20.1. The van der Waals surface area contributed by atoms with E-state index in [-0.39, 0.29) is 17.9 Å². The Morgan fingerprint density at radius 3 is 3.00 bits per heavy atom. The molecule has 1 aliphatic rings. The molecule has 1 aliphatic heterocycles. The van der Waals surface area contributed by atoms with Crippen LogP contribution in [0.4, 0.5) is 0 Å². The van der Waals surface area contributed by atoms with Crippen LogP contribution >= 0.6 is 11.3 Å². The molecule has 102 valence electrons. The second kappa shape index (κ2) is 5.88. The summed E-state index contributed by atoms with van der Waals surface area (Å²) in [5, 5.41) is 8.25. The van der Waals surface area contributed by atoms with Crippen molar-refractivity contribution in [1.29, 1.82) is 0 Å². The van der Waals surface area contributed by atoms with Gasteiger partial charge in [-0.05, 0) is 24.8 Å². The Kier molecular flexibility index (Phi) is 4.21. The smallest absolute Gasteiger partial charge is 0.249 e. The lowest BCUT2D eigenvalue weighted by atomic mass is 10.0. The number of imide groups is 1. The Morgan fingerprint density at radius 1 is 1.58 bits per heavy atom. The van der Waals surface area contributed by atoms with E-state index in [0.29, 0.717) is 12.8 Å². The maximum Gasteiger partial charge on any atom is 0.249 e. The number of rotatable bonds is 4. The van der Waals surface area contributed by atoms with E-state index in [4.69, 9.17) is 4.74 Å². The maximum atomic E-state index is 11.7. The van der Waals surface area contributed by atoms with Gasteiger partial charge in [0.05, 0.1) is 12.7 Å². The van der Waals surface area contributed by atoms with Gasteiger partial charge in [-0.2, -0.15) is 0 Å². The number of allylic oxidation sites excluding steroid dienone is 1. The molecule has 1 fully saturated rings. The number of hydrogen-bond donors (Lipinski definition) is 2. The van der Waals surface area contributed by atoms with Crippen molar-refractivity contribution in [3.63, 3.8) is 0 Å². The first-order valence-electron chi connectivity index (χ1n) is 6.04. The van der Waals surface area contributed by atoms with Crippen molar-refractivity contribution in [3.8, 4) is 5.06 Å². The molecule has 0 aromatic carbocycles. The first-order valence-corrected chi connectivity index (χ1v) is 6.92. The molecule has 2 N–H and O–H groups in total. The zero-order valence-electron chi connectivity index (χ0n) is 10.9. The highest BCUT2D eigenvalue weighted by Gasteiger charge is 2.27. The number of carbonyl (C=O) groups excluding carboxylic acids is 2. The molecule has 0 radical (unpaired) electrons. The predicted molar refractivity (Wildman–Crippen MR) is 73.8 cm³/mol. The number of piperidine rings is 1. The van der Waals surface area contributed by atoms with E-state index in [1.165, 1.54) is 11.3 Å². The molecule has 6 heteroatoms. The van der Waals surface area contributed by atoms with Gasteiger partial charge in [-0.1, -0.05) is 6.08 Å². The molecule has 2 amide bonds. The Balaban J connectivity index is 2.12. The maximum absolute atomic E-state index is 11.7. The van der Waals surface area contributed by atoms with Gasteiger partial charge in [0, 0.05) is 12.1 Å². The minimum absolute atomic E-state index is 0.210. The third-order valence-corrected chi connectivity index (χ3v) is 3.84. The van der Waals surface area contributed by atoms with Crippen LogP contribution in [0.25, 0.3) is 5.70 Å². The van der Waals surface area contributed by atoms with Gasteiger partial charge in [0.1, 0.15) is 6.04 Å². The second-order valence-corrected chi connectivity index (χ2v) is 5.05. The van der Waals surface area contributed by atoms with Gasteiger partial charge in [-0.15, -0.1) is 11.3 Å². The van der Waals surface area contributed by atoms with Crippen molar-refractivity contribution < 1.29 is 14.3 Å². The Labute approximate surface area is 115 Å². The fourth-order valence-corrected chi connectivity index (χ4v) is 2.72. The van der Waals surface area contributed by atoms with Gasteiger partial charge in [0.2, 0.25) is 11.8 Å². The summed E-state index contributed by atoms with van der Waals surface area (Å²) >= 11 is 1.50. The SMILES string of the molecule is C/C=C(\N[C@H]1CCC(=O)NC1=O)c1ccsc1OC. The zero-order valence-corrected chi connectivity index (χ0v) is 11.7. The fourth-order valence-electron chi connectivity index (χ4n) is 1.99. The number of thiophene rings is 1. The molecular formula is C13H16N2O3S. The number of ether oxygens (including phenoxy) is 1. The number of hydrogen-bond acceptors (Lipinski definition) is 5. The third-order valence-electron chi connectivity index (χ3n) is 2.96. The first-order chi connectivity index (χ1) is 9.15. The lowest BCUT2D eigenvalue weighted by Crippen LogP contribution is -2.50. The van der Waals surface area contributed by atoms with E-state index < -0.39 is 0 Å². The molecule has 1 aromatic heterocycles. The van der Waals surface area contributed by atoms with Crippen molar-refractivity contribution in [2.45, 2.75) is 25.8 Å². The van der Waals surface area contributed by atoms with Crippen molar-refractivity contribution in [2.75, 3.05) is 7.11 Å². The highest BCUT2D eigenvalue weighted by Crippen LogP contribution is 2.31. The average molecular weight is 280 g/mol. The highest BCUT2D eigenvalue weighted by atomic mass is 32.1. The largest absolute Gasteiger partial charge is 0.487 e. The molecule has 5 nitrogen and oxygen atoms in total. The fraction of sp³-hybridized carbons (Fsp3) is 0.385. The van der Waals surface area contributed by atoms with E-state index in [1.807, 2.05) is 24.4 Å². The molecule has 1 atom stereocenters. The summed E-state index contributed by atoms with van der Waals surface area (Å²) in [6.07, 6.45) is 2.77. The Morgan fingerprint density at radius 2 is 2.37 bits per heavy atom. The topological polar surface area (TPSA) is 67.4 Å². The molecule has 0 bridgehead atoms. The molecule has 2 rings (SSSR count). The molecule has 1 aromatic rings. The quantitative estimate of drug-likeness (QED) is 0.820. The van der Waals surface area contributed by atoms with E-state index in [9.17, 15) is 9.59 Å². The first kappa shape index (κ1) is 13.6. The van der Waals surface area contributed by atoms with Crippen LogP contribution in [0.15, 0.2) is 17.5 Å². The zero-order chi connectivity index (χ0) is 13.8. The van der Waals surface area contributed by atoms with Crippen LogP contribution < -0.4 is 15.4 Å². The molecule has 2 heterocycles. The van der Waals surface area contributed by atoms with Crippen LogP contribution in [0.1, 0.15) is 25.3 Å². The number of nitrogens with one attached hydrogen (secondary N) is 2. The summed E-state index contributed by atoms with van der Waals surface area (Å²) in [4.78, 5) is 22.8. The van der Waals surface area contributed by atoms with Gasteiger partial charge in [0.15, 0.2) is 5.06 Å². The van der Waals surface area contributed by atoms with Gasteiger partial charge >= 0.3 is 0 Å². The molecule has 0 spiro atoms. The minimum Gasteiger partial charge on any atom is -0.487 e. The van der Waals surface area contributed by atoms with Crippen molar-refractivity contribution in [2.24, 2.45) is 0 Å². The summed E-state index contributed by atoms with van der Waals surface area (Å²) < 4.78 is 5.28. The standard InChI is InChI=1S/C13H16N2O3S/c1-3-9(8-6-7-19-13(8)18-2)14-10-4-5-11(16)15-12(10)17/h3,6-7,10,14H,4-5H2,1-2H3,(H,15,16,17)/b9-3-/t10-/m0/s1. The molecule has 1 saturated heterocycles.